The fourth-order valence-electron chi connectivity index (χ4n) is 1.31. The smallest absolute Gasteiger partial charge is 0.0926 e. The first-order valence-corrected chi connectivity index (χ1v) is 4.56. The van der Waals surface area contributed by atoms with Crippen molar-refractivity contribution >= 4 is 0 Å². The van der Waals surface area contributed by atoms with E-state index in [9.17, 15) is 5.11 Å². The van der Waals surface area contributed by atoms with Gasteiger partial charge in [0.25, 0.3) is 0 Å². The van der Waals surface area contributed by atoms with Gasteiger partial charge in [-0.3, -0.25) is 5.10 Å². The monoisotopic (exact) mass is 188 g/mol. The van der Waals surface area contributed by atoms with Crippen molar-refractivity contribution in [3.63, 3.8) is 0 Å². The van der Waals surface area contributed by atoms with Crippen LogP contribution in [-0.4, -0.2) is 15.3 Å². The van der Waals surface area contributed by atoms with Crippen LogP contribution < -0.4 is 0 Å². The van der Waals surface area contributed by atoms with E-state index >= 15 is 0 Å². The van der Waals surface area contributed by atoms with E-state index in [1.165, 1.54) is 0 Å². The minimum Gasteiger partial charge on any atom is -0.387 e. The van der Waals surface area contributed by atoms with Crippen LogP contribution in [0.2, 0.25) is 0 Å². The van der Waals surface area contributed by atoms with Crippen molar-refractivity contribution in [1.82, 2.24) is 10.2 Å². The molecule has 0 saturated heterocycles. The maximum Gasteiger partial charge on any atom is 0.0926 e. The number of aliphatic hydroxyl groups excluding tert-OH is 1. The molecule has 0 saturated carbocycles. The summed E-state index contributed by atoms with van der Waals surface area (Å²) in [7, 11) is 0. The highest BCUT2D eigenvalue weighted by Crippen LogP contribution is 2.19. The molecule has 0 amide bonds. The van der Waals surface area contributed by atoms with Crippen molar-refractivity contribution in [3.8, 4) is 11.3 Å². The highest BCUT2D eigenvalue weighted by molar-refractivity contribution is 5.58. The third kappa shape index (κ3) is 1.67. The van der Waals surface area contributed by atoms with Crippen LogP contribution in [0.1, 0.15) is 18.7 Å². The third-order valence-corrected chi connectivity index (χ3v) is 2.12. The van der Waals surface area contributed by atoms with Gasteiger partial charge in [0.05, 0.1) is 17.5 Å². The number of hydrogen-bond donors (Lipinski definition) is 2. The number of nitrogens with one attached hydrogen (secondary N) is 1. The fourth-order valence-corrected chi connectivity index (χ4v) is 1.31. The minimum absolute atomic E-state index is 0.500. The molecule has 0 bridgehead atoms. The summed E-state index contributed by atoms with van der Waals surface area (Å²) >= 11 is 0. The van der Waals surface area contributed by atoms with Crippen LogP contribution in [0.25, 0.3) is 11.3 Å². The van der Waals surface area contributed by atoms with Gasteiger partial charge in [-0.1, -0.05) is 30.3 Å². The van der Waals surface area contributed by atoms with Gasteiger partial charge >= 0.3 is 0 Å². The Morgan fingerprint density at radius 3 is 2.57 bits per heavy atom. The number of nitrogens with zero attached hydrogens (tertiary/aromatic N) is 1. The Balaban J connectivity index is 2.34. The quantitative estimate of drug-likeness (QED) is 0.758. The van der Waals surface area contributed by atoms with Crippen molar-refractivity contribution in [1.29, 1.82) is 0 Å². The van der Waals surface area contributed by atoms with Crippen molar-refractivity contribution in [2.24, 2.45) is 0 Å². The molecule has 0 fully saturated rings. The summed E-state index contributed by atoms with van der Waals surface area (Å²) in [5, 5.41) is 16.2. The highest BCUT2D eigenvalue weighted by atomic mass is 16.3. The van der Waals surface area contributed by atoms with Crippen molar-refractivity contribution in [2.45, 2.75) is 13.0 Å². The number of rotatable bonds is 2. The normalized spacial score (nSPS) is 12.7. The molecule has 14 heavy (non-hydrogen) atoms. The number of aromatic amines is 1. The van der Waals surface area contributed by atoms with Crippen LogP contribution in [0.15, 0.2) is 36.4 Å². The lowest BCUT2D eigenvalue weighted by Gasteiger charge is -1.96. The zero-order valence-electron chi connectivity index (χ0n) is 7.94. The van der Waals surface area contributed by atoms with E-state index in [0.717, 1.165) is 17.0 Å². The third-order valence-electron chi connectivity index (χ3n) is 2.12. The van der Waals surface area contributed by atoms with E-state index < -0.39 is 6.10 Å². The Hall–Kier alpha value is -1.61. The molecule has 0 spiro atoms. The second-order valence-corrected chi connectivity index (χ2v) is 3.25. The van der Waals surface area contributed by atoms with Crippen molar-refractivity contribution in [2.75, 3.05) is 0 Å². The van der Waals surface area contributed by atoms with Crippen LogP contribution in [0.3, 0.4) is 0 Å². The molecule has 0 aliphatic carbocycles. The van der Waals surface area contributed by atoms with Gasteiger partial charge in [-0.15, -0.1) is 0 Å². The average Bonchev–Trinajstić information content (AvgIpc) is 2.68. The number of hydrogen-bond acceptors (Lipinski definition) is 2. The first-order valence-electron chi connectivity index (χ1n) is 4.56. The summed E-state index contributed by atoms with van der Waals surface area (Å²) in [6.45, 7) is 1.71. The summed E-state index contributed by atoms with van der Waals surface area (Å²) in [5.41, 5.74) is 2.65. The van der Waals surface area contributed by atoms with Gasteiger partial charge in [-0.25, -0.2) is 0 Å². The predicted molar refractivity (Wildman–Crippen MR) is 54.7 cm³/mol. The Kier molecular flexibility index (Phi) is 2.33. The summed E-state index contributed by atoms with van der Waals surface area (Å²) in [4.78, 5) is 0. The van der Waals surface area contributed by atoms with Crippen LogP contribution in [0, 0.1) is 0 Å². The molecular weight excluding hydrogens is 176 g/mol. The average molecular weight is 188 g/mol. The van der Waals surface area contributed by atoms with Crippen molar-refractivity contribution < 1.29 is 5.11 Å². The van der Waals surface area contributed by atoms with Gasteiger partial charge in [0.2, 0.25) is 0 Å². The van der Waals surface area contributed by atoms with E-state index in [1.54, 1.807) is 6.92 Å². The molecule has 2 rings (SSSR count). The molecule has 3 heteroatoms. The van der Waals surface area contributed by atoms with Gasteiger partial charge in [-0.05, 0) is 13.0 Å². The van der Waals surface area contributed by atoms with Crippen LogP contribution in [-0.2, 0) is 0 Å². The van der Waals surface area contributed by atoms with Gasteiger partial charge in [0.1, 0.15) is 0 Å². The summed E-state index contributed by atoms with van der Waals surface area (Å²) in [6, 6.07) is 11.7. The zero-order chi connectivity index (χ0) is 9.97. The first-order chi connectivity index (χ1) is 6.77. The van der Waals surface area contributed by atoms with Gasteiger partial charge in [0, 0.05) is 5.56 Å². The largest absolute Gasteiger partial charge is 0.387 e. The molecular formula is C11H12N2O. The number of benzene rings is 1. The first kappa shape index (κ1) is 8.97. The molecule has 1 atom stereocenters. The maximum absolute atomic E-state index is 9.31. The maximum atomic E-state index is 9.31. The summed E-state index contributed by atoms with van der Waals surface area (Å²) < 4.78 is 0. The molecule has 2 aromatic rings. The summed E-state index contributed by atoms with van der Waals surface area (Å²) in [5.74, 6) is 0. The number of aromatic nitrogens is 2. The fraction of sp³-hybridized carbons (Fsp3) is 0.182. The minimum atomic E-state index is -0.500. The Morgan fingerprint density at radius 1 is 1.29 bits per heavy atom. The standard InChI is InChI=1S/C11H12N2O/c1-8(14)10-7-11(13-12-10)9-5-3-2-4-6-9/h2-8,14H,1H3,(H,12,13)/t8-/m1/s1. The number of H-pyrrole nitrogens is 1. The molecule has 0 aliphatic heterocycles. The van der Waals surface area contributed by atoms with Crippen LogP contribution in [0.4, 0.5) is 0 Å². The summed E-state index contributed by atoms with van der Waals surface area (Å²) in [6.07, 6.45) is -0.500. The van der Waals surface area contributed by atoms with Gasteiger partial charge in [-0.2, -0.15) is 5.10 Å². The van der Waals surface area contributed by atoms with E-state index in [2.05, 4.69) is 10.2 Å². The van der Waals surface area contributed by atoms with E-state index in [0.29, 0.717) is 0 Å². The van der Waals surface area contributed by atoms with Crippen LogP contribution in [0.5, 0.6) is 0 Å². The lowest BCUT2D eigenvalue weighted by Crippen LogP contribution is -1.89. The second-order valence-electron chi connectivity index (χ2n) is 3.25. The topological polar surface area (TPSA) is 48.9 Å². The molecule has 3 nitrogen and oxygen atoms in total. The van der Waals surface area contributed by atoms with E-state index in [-0.39, 0.29) is 0 Å². The number of aliphatic hydroxyl groups is 1. The predicted octanol–water partition coefficient (Wildman–Crippen LogP) is 2.13. The Bertz CT molecular complexity index is 406. The zero-order valence-corrected chi connectivity index (χ0v) is 7.94. The molecule has 1 heterocycles. The van der Waals surface area contributed by atoms with Gasteiger partial charge < -0.3 is 5.11 Å². The Labute approximate surface area is 82.4 Å². The van der Waals surface area contributed by atoms with E-state index in [1.807, 2.05) is 36.4 Å². The lowest BCUT2D eigenvalue weighted by atomic mass is 10.1. The van der Waals surface area contributed by atoms with Crippen molar-refractivity contribution in [3.05, 3.63) is 42.1 Å². The lowest BCUT2D eigenvalue weighted by molar-refractivity contribution is 0.194. The molecule has 72 valence electrons. The molecule has 0 unspecified atom stereocenters. The Morgan fingerprint density at radius 2 is 2.00 bits per heavy atom. The molecule has 1 aromatic carbocycles. The molecule has 0 aliphatic rings. The SMILES string of the molecule is C[C@@H](O)c1cc(-c2ccccc2)n[nH]1. The second kappa shape index (κ2) is 3.64. The van der Waals surface area contributed by atoms with Gasteiger partial charge in [0.15, 0.2) is 0 Å². The van der Waals surface area contributed by atoms with E-state index in [4.69, 9.17) is 0 Å². The van der Waals surface area contributed by atoms with Crippen LogP contribution >= 0.6 is 0 Å². The highest BCUT2D eigenvalue weighted by Gasteiger charge is 2.06. The molecule has 2 N–H and O–H groups in total. The molecule has 0 radical (unpaired) electrons. The molecule has 1 aromatic heterocycles.